The van der Waals surface area contributed by atoms with Crippen molar-refractivity contribution < 1.29 is 28.2 Å². The Morgan fingerprint density at radius 2 is 2.03 bits per heavy atom. The van der Waals surface area contributed by atoms with Gasteiger partial charge in [-0.2, -0.15) is 8.78 Å². The van der Waals surface area contributed by atoms with E-state index in [1.165, 1.54) is 12.1 Å². The SMILES string of the molecule is COc1ccc(-c2cc(NC(=O)N3CCCC(CO)C3)ccc2OC(F)F)cc1. The van der Waals surface area contributed by atoms with Crippen LogP contribution in [0.3, 0.4) is 0 Å². The number of methoxy groups -OCH3 is 1. The zero-order valence-corrected chi connectivity index (χ0v) is 16.1. The van der Waals surface area contributed by atoms with Crippen molar-refractivity contribution in [2.24, 2.45) is 5.92 Å². The topological polar surface area (TPSA) is 71.0 Å². The molecule has 0 saturated carbocycles. The van der Waals surface area contributed by atoms with Crippen LogP contribution in [-0.2, 0) is 0 Å². The number of benzene rings is 2. The number of aliphatic hydroxyl groups is 1. The molecule has 2 aromatic rings. The van der Waals surface area contributed by atoms with E-state index >= 15 is 0 Å². The highest BCUT2D eigenvalue weighted by atomic mass is 19.3. The molecule has 0 aliphatic carbocycles. The minimum atomic E-state index is -2.96. The molecule has 2 aromatic carbocycles. The number of urea groups is 1. The fourth-order valence-corrected chi connectivity index (χ4v) is 3.40. The Balaban J connectivity index is 1.83. The number of hydrogen-bond donors (Lipinski definition) is 2. The summed E-state index contributed by atoms with van der Waals surface area (Å²) in [6, 6.07) is 11.1. The first kappa shape index (κ1) is 20.9. The number of alkyl halides is 2. The summed E-state index contributed by atoms with van der Waals surface area (Å²) in [5.41, 5.74) is 1.54. The third kappa shape index (κ3) is 5.35. The van der Waals surface area contributed by atoms with Gasteiger partial charge in [-0.25, -0.2) is 4.79 Å². The smallest absolute Gasteiger partial charge is 0.387 e. The Hall–Kier alpha value is -2.87. The number of amides is 2. The molecule has 1 aliphatic heterocycles. The summed E-state index contributed by atoms with van der Waals surface area (Å²) in [5, 5.41) is 12.1. The summed E-state index contributed by atoms with van der Waals surface area (Å²) < 4.78 is 35.4. The van der Waals surface area contributed by atoms with Gasteiger partial charge in [-0.1, -0.05) is 12.1 Å². The van der Waals surface area contributed by atoms with Crippen LogP contribution >= 0.6 is 0 Å². The molecule has 0 spiro atoms. The highest BCUT2D eigenvalue weighted by molar-refractivity contribution is 5.91. The first-order chi connectivity index (χ1) is 14.0. The number of hydrogen-bond acceptors (Lipinski definition) is 4. The van der Waals surface area contributed by atoms with Crippen LogP contribution in [0, 0.1) is 5.92 Å². The maximum absolute atomic E-state index is 12.8. The van der Waals surface area contributed by atoms with E-state index in [0.29, 0.717) is 35.7 Å². The number of anilines is 1. The standard InChI is InChI=1S/C21H24F2N2O4/c1-28-17-7-4-15(5-8-17)18-11-16(6-9-19(18)29-20(22)23)24-21(27)25-10-2-3-14(12-25)13-26/h4-9,11,14,20,26H,2-3,10,12-13H2,1H3,(H,24,27). The Kier molecular flexibility index (Phi) is 6.87. The Morgan fingerprint density at radius 3 is 2.69 bits per heavy atom. The lowest BCUT2D eigenvalue weighted by molar-refractivity contribution is -0.0494. The molecule has 6 nitrogen and oxygen atoms in total. The van der Waals surface area contributed by atoms with Crippen LogP contribution in [0.4, 0.5) is 19.3 Å². The molecule has 0 aromatic heterocycles. The zero-order chi connectivity index (χ0) is 20.8. The van der Waals surface area contributed by atoms with Gasteiger partial charge in [-0.05, 0) is 54.7 Å². The van der Waals surface area contributed by atoms with Gasteiger partial charge in [0.25, 0.3) is 0 Å². The fraction of sp³-hybridized carbons (Fsp3) is 0.381. The lowest BCUT2D eigenvalue weighted by Crippen LogP contribution is -2.43. The third-order valence-corrected chi connectivity index (χ3v) is 4.91. The Morgan fingerprint density at radius 1 is 1.28 bits per heavy atom. The summed E-state index contributed by atoms with van der Waals surface area (Å²) in [4.78, 5) is 14.2. The van der Waals surface area contributed by atoms with Crippen molar-refractivity contribution in [1.29, 1.82) is 0 Å². The van der Waals surface area contributed by atoms with E-state index in [1.807, 2.05) is 0 Å². The van der Waals surface area contributed by atoms with Gasteiger partial charge in [0, 0.05) is 30.9 Å². The van der Waals surface area contributed by atoms with Gasteiger partial charge in [0.15, 0.2) is 0 Å². The van der Waals surface area contributed by atoms with E-state index in [9.17, 15) is 18.7 Å². The summed E-state index contributed by atoms with van der Waals surface area (Å²) in [6.07, 6.45) is 1.72. The van der Waals surface area contributed by atoms with E-state index in [1.54, 1.807) is 42.3 Å². The Bertz CT molecular complexity index is 830. The van der Waals surface area contributed by atoms with Crippen molar-refractivity contribution >= 4 is 11.7 Å². The molecule has 3 rings (SSSR count). The van der Waals surface area contributed by atoms with E-state index in [4.69, 9.17) is 4.74 Å². The third-order valence-electron chi connectivity index (χ3n) is 4.91. The summed E-state index contributed by atoms with van der Waals surface area (Å²) in [5.74, 6) is 0.728. The average Bonchev–Trinajstić information content (AvgIpc) is 2.74. The molecule has 1 saturated heterocycles. The van der Waals surface area contributed by atoms with E-state index < -0.39 is 6.61 Å². The molecule has 2 N–H and O–H groups in total. The highest BCUT2D eigenvalue weighted by Gasteiger charge is 2.23. The van der Waals surface area contributed by atoms with Crippen molar-refractivity contribution in [2.45, 2.75) is 19.5 Å². The number of likely N-dealkylation sites (tertiary alicyclic amines) is 1. The summed E-state index contributed by atoms with van der Waals surface area (Å²) in [6.45, 7) is -1.82. The molecule has 8 heteroatoms. The van der Waals surface area contributed by atoms with Crippen molar-refractivity contribution in [1.82, 2.24) is 4.90 Å². The van der Waals surface area contributed by atoms with Gasteiger partial charge in [0.2, 0.25) is 0 Å². The van der Waals surface area contributed by atoms with Crippen LogP contribution in [0.5, 0.6) is 11.5 Å². The van der Waals surface area contributed by atoms with E-state index in [0.717, 1.165) is 12.8 Å². The molecule has 1 aliphatic rings. The second-order valence-corrected chi connectivity index (χ2v) is 6.88. The van der Waals surface area contributed by atoms with E-state index in [-0.39, 0.29) is 24.3 Å². The molecule has 1 heterocycles. The molecule has 29 heavy (non-hydrogen) atoms. The predicted octanol–water partition coefficient (Wildman–Crippen LogP) is 4.20. The van der Waals surface area contributed by atoms with Gasteiger partial charge in [-0.15, -0.1) is 0 Å². The van der Waals surface area contributed by atoms with Gasteiger partial charge >= 0.3 is 12.6 Å². The van der Waals surface area contributed by atoms with Crippen molar-refractivity contribution in [3.8, 4) is 22.6 Å². The van der Waals surface area contributed by atoms with Gasteiger partial charge < -0.3 is 24.8 Å². The lowest BCUT2D eigenvalue weighted by atomic mass is 9.99. The molecule has 2 amide bonds. The molecule has 1 fully saturated rings. The van der Waals surface area contributed by atoms with Gasteiger partial charge in [0.1, 0.15) is 11.5 Å². The van der Waals surface area contributed by atoms with Gasteiger partial charge in [-0.3, -0.25) is 0 Å². The number of ether oxygens (including phenoxy) is 2. The van der Waals surface area contributed by atoms with Crippen molar-refractivity contribution in [3.05, 3.63) is 42.5 Å². The van der Waals surface area contributed by atoms with Crippen LogP contribution in [0.2, 0.25) is 0 Å². The van der Waals surface area contributed by atoms with Crippen LogP contribution in [-0.4, -0.2) is 49.5 Å². The minimum Gasteiger partial charge on any atom is -0.497 e. The summed E-state index contributed by atoms with van der Waals surface area (Å²) in [7, 11) is 1.54. The van der Waals surface area contributed by atoms with Crippen molar-refractivity contribution in [2.75, 3.05) is 32.1 Å². The second kappa shape index (κ2) is 9.56. The van der Waals surface area contributed by atoms with Crippen LogP contribution < -0.4 is 14.8 Å². The number of halogens is 2. The molecular weight excluding hydrogens is 382 g/mol. The highest BCUT2D eigenvalue weighted by Crippen LogP contribution is 2.34. The largest absolute Gasteiger partial charge is 0.497 e. The monoisotopic (exact) mass is 406 g/mol. The first-order valence-electron chi connectivity index (χ1n) is 9.40. The maximum Gasteiger partial charge on any atom is 0.387 e. The molecular formula is C21H24F2N2O4. The number of carbonyl (C=O) groups excluding carboxylic acids is 1. The quantitative estimate of drug-likeness (QED) is 0.754. The molecule has 0 radical (unpaired) electrons. The van der Waals surface area contributed by atoms with E-state index in [2.05, 4.69) is 10.1 Å². The Labute approximate surface area is 168 Å². The van der Waals surface area contributed by atoms with Crippen LogP contribution in [0.25, 0.3) is 11.1 Å². The summed E-state index contributed by atoms with van der Waals surface area (Å²) >= 11 is 0. The maximum atomic E-state index is 12.8. The number of carbonyl (C=O) groups is 1. The first-order valence-corrected chi connectivity index (χ1v) is 9.40. The predicted molar refractivity (Wildman–Crippen MR) is 105 cm³/mol. The average molecular weight is 406 g/mol. The van der Waals surface area contributed by atoms with Crippen LogP contribution in [0.15, 0.2) is 42.5 Å². The number of nitrogens with zero attached hydrogens (tertiary/aromatic N) is 1. The van der Waals surface area contributed by atoms with Crippen LogP contribution in [0.1, 0.15) is 12.8 Å². The molecule has 1 unspecified atom stereocenters. The van der Waals surface area contributed by atoms with Crippen molar-refractivity contribution in [3.63, 3.8) is 0 Å². The number of rotatable bonds is 6. The lowest BCUT2D eigenvalue weighted by Gasteiger charge is -2.31. The molecule has 1 atom stereocenters. The number of nitrogens with one attached hydrogen (secondary N) is 1. The zero-order valence-electron chi connectivity index (χ0n) is 16.1. The van der Waals surface area contributed by atoms with Gasteiger partial charge in [0.05, 0.1) is 7.11 Å². The number of aliphatic hydroxyl groups excluding tert-OH is 1. The second-order valence-electron chi connectivity index (χ2n) is 6.88. The molecule has 0 bridgehead atoms. The normalized spacial score (nSPS) is 16.6. The molecule has 156 valence electrons. The number of piperidine rings is 1. The minimum absolute atomic E-state index is 0.0153. The fourth-order valence-electron chi connectivity index (χ4n) is 3.40.